The molecule has 86 valence electrons. The molecule has 3 heterocycles. The second-order valence-electron chi connectivity index (χ2n) is 3.71. The first-order valence-electron chi connectivity index (χ1n) is 5.22. The number of aromatic nitrogens is 4. The predicted octanol–water partition coefficient (Wildman–Crippen LogP) is 2.04. The number of anilines is 1. The van der Waals surface area contributed by atoms with Crippen LogP contribution < -0.4 is 5.32 Å². The Balaban J connectivity index is 1.90. The van der Waals surface area contributed by atoms with Gasteiger partial charge in [0.2, 0.25) is 0 Å². The molecule has 6 heteroatoms. The van der Waals surface area contributed by atoms with Gasteiger partial charge in [0.25, 0.3) is 0 Å². The van der Waals surface area contributed by atoms with E-state index in [0.29, 0.717) is 0 Å². The largest absolute Gasteiger partial charge is 0.365 e. The summed E-state index contributed by atoms with van der Waals surface area (Å²) in [4.78, 5) is 8.45. The second-order valence-corrected chi connectivity index (χ2v) is 4.49. The number of rotatable bonds is 3. The van der Waals surface area contributed by atoms with E-state index >= 15 is 0 Å². The Morgan fingerprint density at radius 2 is 2.35 bits per heavy atom. The lowest BCUT2D eigenvalue weighted by molar-refractivity contribution is 0.785. The Hall–Kier alpha value is -1.95. The Kier molecular flexibility index (Phi) is 2.49. The normalized spacial score (nSPS) is 10.9. The number of thiophene rings is 1. The minimum absolute atomic E-state index is 0.768. The van der Waals surface area contributed by atoms with Crippen LogP contribution in [-0.4, -0.2) is 19.7 Å². The smallest absolute Gasteiger partial charge is 0.163 e. The zero-order chi connectivity index (χ0) is 11.7. The van der Waals surface area contributed by atoms with E-state index in [9.17, 15) is 0 Å². The average Bonchev–Trinajstić information content (AvgIpc) is 2.97. The molecule has 0 bridgehead atoms. The molecule has 3 aromatic heterocycles. The maximum Gasteiger partial charge on any atom is 0.163 e. The lowest BCUT2D eigenvalue weighted by atomic mass is 10.3. The first-order chi connectivity index (χ1) is 8.34. The molecule has 0 radical (unpaired) electrons. The van der Waals surface area contributed by atoms with Gasteiger partial charge in [-0.25, -0.2) is 9.97 Å². The first-order valence-corrected chi connectivity index (χ1v) is 6.16. The van der Waals surface area contributed by atoms with Crippen molar-refractivity contribution in [3.05, 3.63) is 34.9 Å². The lowest BCUT2D eigenvalue weighted by Gasteiger charge is -2.04. The van der Waals surface area contributed by atoms with Crippen LogP contribution in [-0.2, 0) is 13.6 Å². The summed E-state index contributed by atoms with van der Waals surface area (Å²) < 4.78 is 1.74. The third-order valence-electron chi connectivity index (χ3n) is 2.57. The van der Waals surface area contributed by atoms with Crippen molar-refractivity contribution in [2.75, 3.05) is 5.32 Å². The van der Waals surface area contributed by atoms with Crippen LogP contribution in [0.1, 0.15) is 5.56 Å². The van der Waals surface area contributed by atoms with Crippen LogP contribution in [0.25, 0.3) is 11.0 Å². The van der Waals surface area contributed by atoms with E-state index in [1.54, 1.807) is 28.5 Å². The molecule has 3 rings (SSSR count). The van der Waals surface area contributed by atoms with E-state index in [0.717, 1.165) is 23.4 Å². The minimum atomic E-state index is 0.768. The van der Waals surface area contributed by atoms with Crippen LogP contribution in [0.15, 0.2) is 29.4 Å². The molecular formula is C11H11N5S. The Morgan fingerprint density at radius 1 is 1.41 bits per heavy atom. The summed E-state index contributed by atoms with van der Waals surface area (Å²) in [5.74, 6) is 0.828. The van der Waals surface area contributed by atoms with E-state index in [1.165, 1.54) is 5.56 Å². The minimum Gasteiger partial charge on any atom is -0.365 e. The van der Waals surface area contributed by atoms with Crippen LogP contribution in [0.5, 0.6) is 0 Å². The van der Waals surface area contributed by atoms with Gasteiger partial charge in [-0.15, -0.1) is 0 Å². The highest BCUT2D eigenvalue weighted by Crippen LogP contribution is 2.18. The van der Waals surface area contributed by atoms with E-state index in [4.69, 9.17) is 0 Å². The Morgan fingerprint density at radius 3 is 3.18 bits per heavy atom. The number of nitrogens with one attached hydrogen (secondary N) is 1. The van der Waals surface area contributed by atoms with Gasteiger partial charge in [-0.05, 0) is 22.4 Å². The summed E-state index contributed by atoms with van der Waals surface area (Å²) in [7, 11) is 1.87. The molecule has 0 aliphatic carbocycles. The quantitative estimate of drug-likeness (QED) is 0.767. The molecule has 0 amide bonds. The summed E-state index contributed by atoms with van der Waals surface area (Å²) in [5.41, 5.74) is 2.10. The van der Waals surface area contributed by atoms with Crippen molar-refractivity contribution in [3.8, 4) is 0 Å². The van der Waals surface area contributed by atoms with Crippen molar-refractivity contribution in [1.29, 1.82) is 0 Å². The molecule has 3 aromatic rings. The number of hydrogen-bond donors (Lipinski definition) is 1. The van der Waals surface area contributed by atoms with Crippen molar-refractivity contribution < 1.29 is 0 Å². The van der Waals surface area contributed by atoms with Crippen molar-refractivity contribution in [2.45, 2.75) is 6.54 Å². The van der Waals surface area contributed by atoms with Crippen LogP contribution >= 0.6 is 11.3 Å². The summed E-state index contributed by atoms with van der Waals surface area (Å²) in [5, 5.41) is 12.6. The highest BCUT2D eigenvalue weighted by molar-refractivity contribution is 7.07. The van der Waals surface area contributed by atoms with Gasteiger partial charge in [-0.3, -0.25) is 4.68 Å². The van der Waals surface area contributed by atoms with Gasteiger partial charge in [0.15, 0.2) is 5.65 Å². The van der Waals surface area contributed by atoms with Gasteiger partial charge in [0, 0.05) is 13.6 Å². The predicted molar refractivity (Wildman–Crippen MR) is 67.9 cm³/mol. The molecule has 0 fully saturated rings. The zero-order valence-electron chi connectivity index (χ0n) is 9.29. The third kappa shape index (κ3) is 1.87. The molecular weight excluding hydrogens is 234 g/mol. The van der Waals surface area contributed by atoms with Crippen molar-refractivity contribution in [2.24, 2.45) is 7.05 Å². The average molecular weight is 245 g/mol. The van der Waals surface area contributed by atoms with Crippen molar-refractivity contribution in [3.63, 3.8) is 0 Å². The van der Waals surface area contributed by atoms with Gasteiger partial charge >= 0.3 is 0 Å². The summed E-state index contributed by atoms with van der Waals surface area (Å²) >= 11 is 1.69. The van der Waals surface area contributed by atoms with Gasteiger partial charge in [-0.2, -0.15) is 16.4 Å². The Labute approximate surface area is 102 Å². The zero-order valence-corrected chi connectivity index (χ0v) is 10.1. The molecule has 0 atom stereocenters. The molecule has 0 saturated heterocycles. The van der Waals surface area contributed by atoms with E-state index in [1.807, 2.05) is 7.05 Å². The fraction of sp³-hybridized carbons (Fsp3) is 0.182. The SMILES string of the molecule is Cn1ncc2c(NCc3ccsc3)ncnc21. The fourth-order valence-corrected chi connectivity index (χ4v) is 2.35. The number of nitrogens with zero attached hydrogens (tertiary/aromatic N) is 4. The molecule has 0 aromatic carbocycles. The first kappa shape index (κ1) is 10.2. The molecule has 17 heavy (non-hydrogen) atoms. The van der Waals surface area contributed by atoms with Crippen LogP contribution in [0.3, 0.4) is 0 Å². The Bertz CT molecular complexity index is 628. The standard InChI is InChI=1S/C11H11N5S/c1-16-11-9(5-15-16)10(13-7-14-11)12-4-8-2-3-17-6-8/h2-3,5-7H,4H2,1H3,(H,12,13,14). The van der Waals surface area contributed by atoms with Crippen LogP contribution in [0.2, 0.25) is 0 Å². The fourth-order valence-electron chi connectivity index (χ4n) is 1.68. The maximum atomic E-state index is 4.25. The molecule has 0 aliphatic rings. The van der Waals surface area contributed by atoms with E-state index in [2.05, 4.69) is 37.2 Å². The summed E-state index contributed by atoms with van der Waals surface area (Å²) in [6.07, 6.45) is 3.34. The highest BCUT2D eigenvalue weighted by Gasteiger charge is 2.06. The summed E-state index contributed by atoms with van der Waals surface area (Å²) in [6, 6.07) is 2.10. The van der Waals surface area contributed by atoms with Gasteiger partial charge in [0.05, 0.1) is 11.6 Å². The van der Waals surface area contributed by atoms with E-state index in [-0.39, 0.29) is 0 Å². The second kappa shape index (κ2) is 4.14. The van der Waals surface area contributed by atoms with E-state index < -0.39 is 0 Å². The molecule has 1 N–H and O–H groups in total. The topological polar surface area (TPSA) is 55.6 Å². The number of aryl methyl sites for hydroxylation is 1. The monoisotopic (exact) mass is 245 g/mol. The highest BCUT2D eigenvalue weighted by atomic mass is 32.1. The third-order valence-corrected chi connectivity index (χ3v) is 3.30. The van der Waals surface area contributed by atoms with Crippen LogP contribution in [0.4, 0.5) is 5.82 Å². The molecule has 5 nitrogen and oxygen atoms in total. The van der Waals surface area contributed by atoms with Crippen LogP contribution in [0, 0.1) is 0 Å². The molecule has 0 unspecified atom stereocenters. The number of hydrogen-bond acceptors (Lipinski definition) is 5. The maximum absolute atomic E-state index is 4.25. The van der Waals surface area contributed by atoms with Gasteiger partial charge in [-0.1, -0.05) is 0 Å². The van der Waals surface area contributed by atoms with Crippen molar-refractivity contribution in [1.82, 2.24) is 19.7 Å². The molecule has 0 saturated carbocycles. The summed E-state index contributed by atoms with van der Waals surface area (Å²) in [6.45, 7) is 0.768. The van der Waals surface area contributed by atoms with Gasteiger partial charge in [0.1, 0.15) is 12.1 Å². The molecule has 0 aliphatic heterocycles. The molecule has 0 spiro atoms. The van der Waals surface area contributed by atoms with Gasteiger partial charge < -0.3 is 5.32 Å². The number of fused-ring (bicyclic) bond motifs is 1. The lowest BCUT2D eigenvalue weighted by Crippen LogP contribution is -2.01. The van der Waals surface area contributed by atoms with Crippen molar-refractivity contribution >= 4 is 28.2 Å².